The van der Waals surface area contributed by atoms with E-state index in [-0.39, 0.29) is 0 Å². The predicted octanol–water partition coefficient (Wildman–Crippen LogP) is 7.69. The molecule has 0 spiro atoms. The van der Waals surface area contributed by atoms with Gasteiger partial charge in [-0.15, -0.1) is 0 Å². The maximum absolute atomic E-state index is 6.89. The van der Waals surface area contributed by atoms with Crippen LogP contribution in [-0.4, -0.2) is 0 Å². The van der Waals surface area contributed by atoms with Gasteiger partial charge in [-0.2, -0.15) is 0 Å². The van der Waals surface area contributed by atoms with Gasteiger partial charge in [0.05, 0.1) is 0 Å². The van der Waals surface area contributed by atoms with Crippen LogP contribution >= 0.6 is 17.0 Å². The summed E-state index contributed by atoms with van der Waals surface area (Å²) in [5, 5.41) is 0. The molecular formula is C22H22Cl2Zr. The van der Waals surface area contributed by atoms with E-state index in [2.05, 4.69) is 72.8 Å². The monoisotopic (exact) mass is 446 g/mol. The van der Waals surface area contributed by atoms with Gasteiger partial charge in [0.15, 0.2) is 0 Å². The molecule has 2 aromatic carbocycles. The van der Waals surface area contributed by atoms with Crippen molar-refractivity contribution in [1.82, 2.24) is 0 Å². The number of hydrogen-bond donors (Lipinski definition) is 0. The van der Waals surface area contributed by atoms with E-state index < -0.39 is 17.9 Å². The number of fused-ring (bicyclic) bond motifs is 2. The van der Waals surface area contributed by atoms with Crippen molar-refractivity contribution in [3.05, 3.63) is 82.9 Å². The number of rotatable bonds is 6. The second-order valence-corrected chi connectivity index (χ2v) is 23.3. The Balaban J connectivity index is 1.33. The molecule has 0 aliphatic heterocycles. The first-order valence-electron chi connectivity index (χ1n) is 9.04. The Bertz CT molecular complexity index is 822. The summed E-state index contributed by atoms with van der Waals surface area (Å²) in [5.41, 5.74) is 5.56. The SMILES string of the molecule is [Cl][Zr]([Cl])([CH2]CCC1C=Cc2ccccc21)[CH2]C1C=Cc2ccccc21. The minimum atomic E-state index is -3.03. The third-order valence-electron chi connectivity index (χ3n) is 5.38. The Kier molecular flexibility index (Phi) is 5.37. The first-order chi connectivity index (χ1) is 12.1. The van der Waals surface area contributed by atoms with E-state index >= 15 is 0 Å². The van der Waals surface area contributed by atoms with Crippen molar-refractivity contribution >= 4 is 29.2 Å². The van der Waals surface area contributed by atoms with Gasteiger partial charge in [0.2, 0.25) is 0 Å². The summed E-state index contributed by atoms with van der Waals surface area (Å²) >= 11 is -3.03. The van der Waals surface area contributed by atoms with Crippen LogP contribution in [0.3, 0.4) is 0 Å². The van der Waals surface area contributed by atoms with E-state index in [1.165, 1.54) is 22.3 Å². The molecule has 0 radical (unpaired) electrons. The van der Waals surface area contributed by atoms with Gasteiger partial charge in [-0.05, 0) is 0 Å². The van der Waals surface area contributed by atoms with Gasteiger partial charge in [-0.3, -0.25) is 0 Å². The molecule has 0 heterocycles. The number of benzene rings is 2. The van der Waals surface area contributed by atoms with Crippen molar-refractivity contribution < 1.29 is 17.9 Å². The average Bonchev–Trinajstić information content (AvgIpc) is 3.20. The molecule has 25 heavy (non-hydrogen) atoms. The number of hydrogen-bond acceptors (Lipinski definition) is 0. The molecule has 4 rings (SSSR count). The van der Waals surface area contributed by atoms with Crippen LogP contribution in [-0.2, 0) is 17.9 Å². The molecule has 2 aliphatic carbocycles. The molecule has 0 N–H and O–H groups in total. The van der Waals surface area contributed by atoms with Crippen LogP contribution in [0.4, 0.5) is 0 Å². The van der Waals surface area contributed by atoms with Crippen LogP contribution in [0.1, 0.15) is 46.9 Å². The van der Waals surface area contributed by atoms with Crippen LogP contribution in [0.25, 0.3) is 12.2 Å². The molecule has 0 fully saturated rings. The summed E-state index contributed by atoms with van der Waals surface area (Å²) in [5.74, 6) is 0.966. The zero-order valence-corrected chi connectivity index (χ0v) is 18.1. The molecule has 0 nitrogen and oxygen atoms in total. The summed E-state index contributed by atoms with van der Waals surface area (Å²) in [4.78, 5) is 0. The predicted molar refractivity (Wildman–Crippen MR) is 107 cm³/mol. The van der Waals surface area contributed by atoms with Gasteiger partial charge in [0.1, 0.15) is 0 Å². The first-order valence-corrected chi connectivity index (χ1v) is 18.9. The fraction of sp³-hybridized carbons (Fsp3) is 0.273. The van der Waals surface area contributed by atoms with E-state index in [1.807, 2.05) is 0 Å². The van der Waals surface area contributed by atoms with Crippen LogP contribution in [0.2, 0.25) is 8.26 Å². The maximum atomic E-state index is 6.89. The van der Waals surface area contributed by atoms with Crippen LogP contribution < -0.4 is 0 Å². The summed E-state index contributed by atoms with van der Waals surface area (Å²) in [6.45, 7) is 0. The van der Waals surface area contributed by atoms with Crippen molar-refractivity contribution in [3.63, 3.8) is 0 Å². The Labute approximate surface area is 162 Å². The van der Waals surface area contributed by atoms with Crippen LogP contribution in [0, 0.1) is 0 Å². The second kappa shape index (κ2) is 7.55. The Morgan fingerprint density at radius 2 is 1.32 bits per heavy atom. The minimum absolute atomic E-state index is 0.425. The molecular weight excluding hydrogens is 426 g/mol. The van der Waals surface area contributed by atoms with Crippen molar-refractivity contribution in [1.29, 1.82) is 0 Å². The summed E-state index contributed by atoms with van der Waals surface area (Å²) in [7, 11) is 13.8. The Morgan fingerprint density at radius 3 is 2.00 bits per heavy atom. The first kappa shape index (κ1) is 17.8. The summed E-state index contributed by atoms with van der Waals surface area (Å²) in [6, 6.07) is 17.3. The van der Waals surface area contributed by atoms with Crippen LogP contribution in [0.15, 0.2) is 60.7 Å². The normalized spacial score (nSPS) is 20.7. The molecule has 0 aromatic heterocycles. The van der Waals surface area contributed by atoms with Gasteiger partial charge >= 0.3 is 163 Å². The van der Waals surface area contributed by atoms with Gasteiger partial charge < -0.3 is 0 Å². The molecule has 0 amide bonds. The van der Waals surface area contributed by atoms with Crippen molar-refractivity contribution in [2.45, 2.75) is 32.9 Å². The molecule has 0 saturated heterocycles. The fourth-order valence-electron chi connectivity index (χ4n) is 4.08. The summed E-state index contributed by atoms with van der Waals surface area (Å²) in [6.07, 6.45) is 11.4. The van der Waals surface area contributed by atoms with Crippen molar-refractivity contribution in [3.8, 4) is 0 Å². The zero-order chi connectivity index (χ0) is 17.3. The number of allylic oxidation sites excluding steroid dienone is 2. The van der Waals surface area contributed by atoms with E-state index in [1.54, 1.807) is 0 Å². The third kappa shape index (κ3) is 4.05. The molecule has 2 unspecified atom stereocenters. The van der Waals surface area contributed by atoms with Gasteiger partial charge in [0.25, 0.3) is 0 Å². The second-order valence-electron chi connectivity index (χ2n) is 7.14. The van der Waals surface area contributed by atoms with Gasteiger partial charge in [-0.1, -0.05) is 0 Å². The van der Waals surface area contributed by atoms with Crippen molar-refractivity contribution in [2.75, 3.05) is 0 Å². The van der Waals surface area contributed by atoms with Crippen molar-refractivity contribution in [2.24, 2.45) is 0 Å². The third-order valence-corrected chi connectivity index (χ3v) is 14.7. The Morgan fingerprint density at radius 1 is 0.760 bits per heavy atom. The quantitative estimate of drug-likeness (QED) is 0.425. The van der Waals surface area contributed by atoms with E-state index in [4.69, 9.17) is 17.0 Å². The van der Waals surface area contributed by atoms with E-state index in [0.29, 0.717) is 11.8 Å². The fourth-order valence-corrected chi connectivity index (χ4v) is 12.4. The molecule has 128 valence electrons. The standard InChI is InChI=1S/C12H13.C10H9.2ClH.Zr/c1-2-5-10-8-9-11-6-3-4-7-12(10)11;1-8-6-7-9-4-2-3-5-10(8)9;;;/h3-4,6-10H,1-2,5H2;2-8H,1H2;2*1H;/q;;;;+2/p-2. The molecule has 0 bridgehead atoms. The molecule has 0 saturated carbocycles. The molecule has 3 heteroatoms. The Hall–Kier alpha value is -0.617. The topological polar surface area (TPSA) is 0 Å². The molecule has 2 aromatic rings. The molecule has 2 atom stereocenters. The zero-order valence-electron chi connectivity index (χ0n) is 14.2. The van der Waals surface area contributed by atoms with E-state index in [0.717, 1.165) is 21.1 Å². The molecule has 2 aliphatic rings. The van der Waals surface area contributed by atoms with Crippen LogP contribution in [0.5, 0.6) is 0 Å². The van der Waals surface area contributed by atoms with Gasteiger partial charge in [-0.25, -0.2) is 0 Å². The average molecular weight is 449 g/mol. The number of halogens is 2. The van der Waals surface area contributed by atoms with Gasteiger partial charge in [0, 0.05) is 0 Å². The summed E-state index contributed by atoms with van der Waals surface area (Å²) < 4.78 is 2.03. The van der Waals surface area contributed by atoms with E-state index in [9.17, 15) is 0 Å².